The van der Waals surface area contributed by atoms with Gasteiger partial charge in [-0.05, 0) is 37.6 Å². The molecule has 0 aliphatic carbocycles. The molecule has 1 heterocycles. The summed E-state index contributed by atoms with van der Waals surface area (Å²) < 4.78 is 0.949. The Labute approximate surface area is 103 Å². The lowest BCUT2D eigenvalue weighted by atomic mass is 10.2. The van der Waals surface area contributed by atoms with Crippen molar-refractivity contribution in [3.8, 4) is 0 Å². The van der Waals surface area contributed by atoms with Crippen LogP contribution in [0.15, 0.2) is 22.7 Å². The van der Waals surface area contributed by atoms with Gasteiger partial charge >= 0.3 is 0 Å². The predicted molar refractivity (Wildman–Crippen MR) is 65.3 cm³/mol. The molecule has 0 N–H and O–H groups in total. The summed E-state index contributed by atoms with van der Waals surface area (Å²) >= 11 is 3.44. The van der Waals surface area contributed by atoms with Gasteiger partial charge in [-0.15, -0.1) is 0 Å². The molecule has 1 aliphatic heterocycles. The maximum absolute atomic E-state index is 10.7. The van der Waals surface area contributed by atoms with Gasteiger partial charge in [0.2, 0.25) is 0 Å². The molecule has 1 fully saturated rings. The first-order valence-corrected chi connectivity index (χ1v) is 6.11. The molecule has 1 saturated heterocycles. The second-order valence-electron chi connectivity index (χ2n) is 4.02. The second-order valence-corrected chi connectivity index (χ2v) is 4.87. The zero-order valence-corrected chi connectivity index (χ0v) is 10.4. The Hall–Kier alpha value is -0.940. The third kappa shape index (κ3) is 2.59. The highest BCUT2D eigenvalue weighted by Gasteiger charge is 2.15. The van der Waals surface area contributed by atoms with Crippen LogP contribution >= 0.6 is 15.9 Å². The van der Waals surface area contributed by atoms with Gasteiger partial charge in [-0.3, -0.25) is 15.0 Å². The molecule has 2 rings (SSSR count). The first-order chi connectivity index (χ1) is 7.66. The first kappa shape index (κ1) is 11.5. The minimum Gasteiger partial charge on any atom is -0.299 e. The van der Waals surface area contributed by atoms with Crippen LogP contribution in [0, 0.1) is 10.1 Å². The Morgan fingerprint density at radius 3 is 2.69 bits per heavy atom. The van der Waals surface area contributed by atoms with Crippen molar-refractivity contribution in [1.29, 1.82) is 0 Å². The molecule has 0 saturated carbocycles. The molecule has 0 radical (unpaired) electrons. The van der Waals surface area contributed by atoms with E-state index in [-0.39, 0.29) is 10.6 Å². The van der Waals surface area contributed by atoms with Crippen molar-refractivity contribution in [2.45, 2.75) is 19.4 Å². The molecule has 86 valence electrons. The van der Waals surface area contributed by atoms with E-state index in [1.807, 2.05) is 0 Å². The predicted octanol–water partition coefficient (Wildman–Crippen LogP) is 2.95. The summed E-state index contributed by atoms with van der Waals surface area (Å²) in [6.45, 7) is 2.98. The monoisotopic (exact) mass is 284 g/mol. The molecular formula is C11H13BrN2O2. The number of non-ortho nitro benzene ring substituents is 1. The van der Waals surface area contributed by atoms with E-state index in [0.29, 0.717) is 0 Å². The number of hydrogen-bond donors (Lipinski definition) is 0. The van der Waals surface area contributed by atoms with Gasteiger partial charge in [0.15, 0.2) is 0 Å². The summed E-state index contributed by atoms with van der Waals surface area (Å²) in [7, 11) is 0. The molecule has 1 aromatic carbocycles. The smallest absolute Gasteiger partial charge is 0.269 e. The van der Waals surface area contributed by atoms with E-state index in [4.69, 9.17) is 0 Å². The number of nitro benzene ring substituents is 1. The van der Waals surface area contributed by atoms with E-state index in [0.717, 1.165) is 29.7 Å². The topological polar surface area (TPSA) is 46.4 Å². The molecule has 16 heavy (non-hydrogen) atoms. The van der Waals surface area contributed by atoms with E-state index in [1.54, 1.807) is 12.1 Å². The van der Waals surface area contributed by atoms with Crippen LogP contribution in [0.5, 0.6) is 0 Å². The van der Waals surface area contributed by atoms with Gasteiger partial charge in [-0.1, -0.05) is 15.9 Å². The van der Waals surface area contributed by atoms with E-state index < -0.39 is 0 Å². The van der Waals surface area contributed by atoms with Gasteiger partial charge in [0.25, 0.3) is 5.69 Å². The highest BCUT2D eigenvalue weighted by molar-refractivity contribution is 9.10. The van der Waals surface area contributed by atoms with Crippen molar-refractivity contribution in [2.24, 2.45) is 0 Å². The number of nitro groups is 1. The lowest BCUT2D eigenvalue weighted by Gasteiger charge is -2.15. The minimum atomic E-state index is -0.347. The number of halogens is 1. The summed E-state index contributed by atoms with van der Waals surface area (Å²) in [6, 6.07) is 4.93. The van der Waals surface area contributed by atoms with Crippen molar-refractivity contribution in [3.63, 3.8) is 0 Å². The molecule has 5 heteroatoms. The Bertz CT molecular complexity index is 403. The van der Waals surface area contributed by atoms with Gasteiger partial charge < -0.3 is 0 Å². The molecule has 0 atom stereocenters. The Morgan fingerprint density at radius 1 is 1.38 bits per heavy atom. The van der Waals surface area contributed by atoms with Crippen molar-refractivity contribution in [3.05, 3.63) is 38.3 Å². The second kappa shape index (κ2) is 4.93. The maximum Gasteiger partial charge on any atom is 0.269 e. The molecule has 0 unspecified atom stereocenters. The highest BCUT2D eigenvalue weighted by Crippen LogP contribution is 2.24. The van der Waals surface area contributed by atoms with Crippen molar-refractivity contribution in [2.75, 3.05) is 13.1 Å². The quantitative estimate of drug-likeness (QED) is 0.633. The van der Waals surface area contributed by atoms with Gasteiger partial charge in [-0.2, -0.15) is 0 Å². The van der Waals surface area contributed by atoms with Crippen molar-refractivity contribution >= 4 is 21.6 Å². The Kier molecular flexibility index (Phi) is 3.56. The zero-order valence-electron chi connectivity index (χ0n) is 8.86. The van der Waals surface area contributed by atoms with Gasteiger partial charge in [0, 0.05) is 23.2 Å². The number of nitrogens with zero attached hydrogens (tertiary/aromatic N) is 2. The minimum absolute atomic E-state index is 0.164. The summed E-state index contributed by atoms with van der Waals surface area (Å²) in [5.74, 6) is 0. The third-order valence-electron chi connectivity index (χ3n) is 2.83. The Balaban J connectivity index is 2.17. The standard InChI is InChI=1S/C11H13BrN2O2/c12-11-4-3-10(14(15)16)7-9(11)8-13-5-1-2-6-13/h3-4,7H,1-2,5-6,8H2. The van der Waals surface area contributed by atoms with Crippen LogP contribution in [0.1, 0.15) is 18.4 Å². The molecule has 0 aromatic heterocycles. The fraction of sp³-hybridized carbons (Fsp3) is 0.455. The Morgan fingerprint density at radius 2 is 2.06 bits per heavy atom. The van der Waals surface area contributed by atoms with Gasteiger partial charge in [0.1, 0.15) is 0 Å². The molecule has 1 aliphatic rings. The lowest BCUT2D eigenvalue weighted by molar-refractivity contribution is -0.384. The summed E-state index contributed by atoms with van der Waals surface area (Å²) in [5, 5.41) is 10.7. The van der Waals surface area contributed by atoms with Crippen molar-refractivity contribution < 1.29 is 4.92 Å². The summed E-state index contributed by atoms with van der Waals surface area (Å²) in [6.07, 6.45) is 2.46. The third-order valence-corrected chi connectivity index (χ3v) is 3.61. The summed E-state index contributed by atoms with van der Waals surface area (Å²) in [4.78, 5) is 12.7. The van der Waals surface area contributed by atoms with E-state index in [9.17, 15) is 10.1 Å². The van der Waals surface area contributed by atoms with Crippen LogP contribution in [0.2, 0.25) is 0 Å². The molecule has 1 aromatic rings. The fourth-order valence-electron chi connectivity index (χ4n) is 1.98. The van der Waals surface area contributed by atoms with Crippen LogP contribution in [-0.2, 0) is 6.54 Å². The highest BCUT2D eigenvalue weighted by atomic mass is 79.9. The average molecular weight is 285 g/mol. The number of rotatable bonds is 3. The van der Waals surface area contributed by atoms with Crippen LogP contribution in [0.25, 0.3) is 0 Å². The van der Waals surface area contributed by atoms with Crippen LogP contribution in [0.4, 0.5) is 5.69 Å². The van der Waals surface area contributed by atoms with E-state index >= 15 is 0 Å². The number of likely N-dealkylation sites (tertiary alicyclic amines) is 1. The first-order valence-electron chi connectivity index (χ1n) is 5.32. The zero-order chi connectivity index (χ0) is 11.5. The SMILES string of the molecule is O=[N+]([O-])c1ccc(Br)c(CN2CCCC2)c1. The molecule has 0 bridgehead atoms. The lowest BCUT2D eigenvalue weighted by Crippen LogP contribution is -2.18. The fourth-order valence-corrected chi connectivity index (χ4v) is 2.35. The van der Waals surface area contributed by atoms with Crippen LogP contribution < -0.4 is 0 Å². The van der Waals surface area contributed by atoms with Gasteiger partial charge in [0.05, 0.1) is 4.92 Å². The molecule has 4 nitrogen and oxygen atoms in total. The normalized spacial score (nSPS) is 16.6. The molecule has 0 amide bonds. The van der Waals surface area contributed by atoms with E-state index in [2.05, 4.69) is 20.8 Å². The molecule has 0 spiro atoms. The largest absolute Gasteiger partial charge is 0.299 e. The summed E-state index contributed by atoms with van der Waals surface area (Å²) in [5.41, 5.74) is 1.16. The van der Waals surface area contributed by atoms with Crippen LogP contribution in [0.3, 0.4) is 0 Å². The van der Waals surface area contributed by atoms with E-state index in [1.165, 1.54) is 18.9 Å². The number of benzene rings is 1. The molecular weight excluding hydrogens is 272 g/mol. The van der Waals surface area contributed by atoms with Crippen LogP contribution in [-0.4, -0.2) is 22.9 Å². The van der Waals surface area contributed by atoms with Crippen molar-refractivity contribution in [1.82, 2.24) is 4.90 Å². The maximum atomic E-state index is 10.7. The number of hydrogen-bond acceptors (Lipinski definition) is 3. The average Bonchev–Trinajstić information content (AvgIpc) is 2.73. The van der Waals surface area contributed by atoms with Gasteiger partial charge in [-0.25, -0.2) is 0 Å².